The molecule has 0 radical (unpaired) electrons. The maximum absolute atomic E-state index is 9.24. The smallest absolute Gasteiger partial charge is 0.0999 e. The molecule has 1 aromatic heterocycles. The maximum Gasteiger partial charge on any atom is 0.0999 e. The zero-order valence-corrected chi connectivity index (χ0v) is 10.7. The Morgan fingerprint density at radius 2 is 1.84 bits per heavy atom. The summed E-state index contributed by atoms with van der Waals surface area (Å²) in [5.41, 5.74) is 1.99. The van der Waals surface area contributed by atoms with Crippen molar-refractivity contribution in [1.82, 2.24) is 4.98 Å². The van der Waals surface area contributed by atoms with Gasteiger partial charge in [-0.25, -0.2) is 0 Å². The van der Waals surface area contributed by atoms with Gasteiger partial charge in [-0.1, -0.05) is 41.9 Å². The first kappa shape index (κ1) is 11.7. The monoisotopic (exact) mass is 264 g/mol. The number of hydrogen-bond donors (Lipinski definition) is 0. The molecule has 0 aliphatic rings. The van der Waals surface area contributed by atoms with Gasteiger partial charge in [-0.05, 0) is 23.6 Å². The van der Waals surface area contributed by atoms with Crippen molar-refractivity contribution in [3.63, 3.8) is 0 Å². The molecule has 0 bridgehead atoms. The van der Waals surface area contributed by atoms with Crippen LogP contribution < -0.4 is 0 Å². The van der Waals surface area contributed by atoms with E-state index in [2.05, 4.69) is 11.1 Å². The molecule has 0 aliphatic heterocycles. The van der Waals surface area contributed by atoms with Crippen molar-refractivity contribution in [2.24, 2.45) is 0 Å². The normalized spacial score (nSPS) is 10.3. The van der Waals surface area contributed by atoms with Gasteiger partial charge in [-0.15, -0.1) is 0 Å². The van der Waals surface area contributed by atoms with Crippen LogP contribution in [0.5, 0.6) is 0 Å². The van der Waals surface area contributed by atoms with Gasteiger partial charge in [0.1, 0.15) is 0 Å². The van der Waals surface area contributed by atoms with Crippen LogP contribution in [0.2, 0.25) is 5.02 Å². The summed E-state index contributed by atoms with van der Waals surface area (Å²) in [5.74, 6) is 0. The fraction of sp³-hybridized carbons (Fsp3) is 0. The molecule has 0 amide bonds. The standard InChI is InChI=1S/C16H9ClN2/c17-14-7-3-5-12(10-18)15(14)16-13-6-2-1-4-11(13)8-9-19-16/h1-9H. The van der Waals surface area contributed by atoms with E-state index in [1.807, 2.05) is 30.3 Å². The number of nitrogens with zero attached hydrogens (tertiary/aromatic N) is 2. The van der Waals surface area contributed by atoms with Crippen molar-refractivity contribution in [3.8, 4) is 17.3 Å². The molecule has 3 rings (SSSR count). The summed E-state index contributed by atoms with van der Waals surface area (Å²) >= 11 is 6.25. The highest BCUT2D eigenvalue weighted by Crippen LogP contribution is 2.34. The average molecular weight is 265 g/mol. The molecule has 0 N–H and O–H groups in total. The number of rotatable bonds is 1. The summed E-state index contributed by atoms with van der Waals surface area (Å²) in [5, 5.41) is 11.9. The second-order valence-corrected chi connectivity index (χ2v) is 4.56. The van der Waals surface area contributed by atoms with Crippen LogP contribution in [-0.4, -0.2) is 4.98 Å². The van der Waals surface area contributed by atoms with Crippen molar-refractivity contribution in [2.45, 2.75) is 0 Å². The van der Waals surface area contributed by atoms with Crippen molar-refractivity contribution >= 4 is 22.4 Å². The van der Waals surface area contributed by atoms with Gasteiger partial charge < -0.3 is 0 Å². The molecule has 1 heterocycles. The largest absolute Gasteiger partial charge is 0.255 e. The van der Waals surface area contributed by atoms with Crippen molar-refractivity contribution in [1.29, 1.82) is 5.26 Å². The fourth-order valence-corrected chi connectivity index (χ4v) is 2.44. The molecular formula is C16H9ClN2. The third kappa shape index (κ3) is 1.95. The summed E-state index contributed by atoms with van der Waals surface area (Å²) in [6, 6.07) is 17.4. The van der Waals surface area contributed by atoms with Crippen molar-refractivity contribution in [2.75, 3.05) is 0 Å². The maximum atomic E-state index is 9.24. The van der Waals surface area contributed by atoms with Gasteiger partial charge >= 0.3 is 0 Å². The molecule has 2 nitrogen and oxygen atoms in total. The third-order valence-corrected chi connectivity index (χ3v) is 3.36. The SMILES string of the molecule is N#Cc1cccc(Cl)c1-c1nccc2ccccc12. The predicted octanol–water partition coefficient (Wildman–Crippen LogP) is 4.43. The molecule has 0 spiro atoms. The summed E-state index contributed by atoms with van der Waals surface area (Å²) in [6.45, 7) is 0. The van der Waals surface area contributed by atoms with Crippen LogP contribution in [0.1, 0.15) is 5.56 Å². The van der Waals surface area contributed by atoms with E-state index in [1.54, 1.807) is 24.4 Å². The van der Waals surface area contributed by atoms with E-state index in [0.29, 0.717) is 16.1 Å². The highest BCUT2D eigenvalue weighted by atomic mass is 35.5. The van der Waals surface area contributed by atoms with Crippen LogP contribution in [-0.2, 0) is 0 Å². The number of fused-ring (bicyclic) bond motifs is 1. The lowest BCUT2D eigenvalue weighted by molar-refractivity contribution is 1.35. The quantitative estimate of drug-likeness (QED) is 0.652. The van der Waals surface area contributed by atoms with Crippen molar-refractivity contribution in [3.05, 3.63) is 65.3 Å². The van der Waals surface area contributed by atoms with E-state index in [-0.39, 0.29) is 0 Å². The van der Waals surface area contributed by atoms with Crippen LogP contribution in [0.4, 0.5) is 0 Å². The van der Waals surface area contributed by atoms with E-state index >= 15 is 0 Å². The lowest BCUT2D eigenvalue weighted by Gasteiger charge is -2.09. The van der Waals surface area contributed by atoms with Crippen LogP contribution >= 0.6 is 11.6 Å². The molecular weight excluding hydrogens is 256 g/mol. The summed E-state index contributed by atoms with van der Waals surface area (Å²) in [4.78, 5) is 4.41. The Hall–Kier alpha value is -2.37. The van der Waals surface area contributed by atoms with Crippen LogP contribution in [0.25, 0.3) is 22.0 Å². The van der Waals surface area contributed by atoms with Gasteiger partial charge in [0, 0.05) is 17.1 Å². The Kier molecular flexibility index (Phi) is 2.91. The Morgan fingerprint density at radius 1 is 1.00 bits per heavy atom. The van der Waals surface area contributed by atoms with E-state index in [9.17, 15) is 5.26 Å². The minimum absolute atomic E-state index is 0.538. The van der Waals surface area contributed by atoms with Gasteiger partial charge in [-0.2, -0.15) is 5.26 Å². The highest BCUT2D eigenvalue weighted by molar-refractivity contribution is 6.34. The van der Waals surface area contributed by atoms with Gasteiger partial charge in [0.05, 0.1) is 22.3 Å². The van der Waals surface area contributed by atoms with Crippen LogP contribution in [0.3, 0.4) is 0 Å². The minimum Gasteiger partial charge on any atom is -0.255 e. The number of hydrogen-bond acceptors (Lipinski definition) is 2. The van der Waals surface area contributed by atoms with E-state index in [1.165, 1.54) is 0 Å². The van der Waals surface area contributed by atoms with Gasteiger partial charge in [0.25, 0.3) is 0 Å². The second kappa shape index (κ2) is 4.72. The Balaban J connectivity index is 2.41. The van der Waals surface area contributed by atoms with Crippen LogP contribution in [0, 0.1) is 11.3 Å². The first-order valence-corrected chi connectivity index (χ1v) is 6.22. The van der Waals surface area contributed by atoms with Gasteiger partial charge in [0.2, 0.25) is 0 Å². The molecule has 3 heteroatoms. The van der Waals surface area contributed by atoms with Crippen molar-refractivity contribution < 1.29 is 0 Å². The van der Waals surface area contributed by atoms with E-state index < -0.39 is 0 Å². The molecule has 3 aromatic rings. The van der Waals surface area contributed by atoms with Gasteiger partial charge in [0.15, 0.2) is 0 Å². The Labute approximate surface area is 115 Å². The zero-order chi connectivity index (χ0) is 13.2. The molecule has 90 valence electrons. The average Bonchev–Trinajstić information content (AvgIpc) is 2.46. The fourth-order valence-electron chi connectivity index (χ4n) is 2.18. The lowest BCUT2D eigenvalue weighted by Crippen LogP contribution is -1.90. The zero-order valence-electron chi connectivity index (χ0n) is 9.97. The molecule has 0 saturated carbocycles. The number of halogens is 1. The van der Waals surface area contributed by atoms with Gasteiger partial charge in [-0.3, -0.25) is 4.98 Å². The number of nitriles is 1. The molecule has 2 aromatic carbocycles. The number of aromatic nitrogens is 1. The number of benzene rings is 2. The predicted molar refractivity (Wildman–Crippen MR) is 76.9 cm³/mol. The topological polar surface area (TPSA) is 36.7 Å². The molecule has 0 atom stereocenters. The third-order valence-electron chi connectivity index (χ3n) is 3.04. The van der Waals surface area contributed by atoms with E-state index in [0.717, 1.165) is 16.5 Å². The second-order valence-electron chi connectivity index (χ2n) is 4.15. The lowest BCUT2D eigenvalue weighted by atomic mass is 10.00. The molecule has 19 heavy (non-hydrogen) atoms. The first-order chi connectivity index (χ1) is 9.31. The van der Waals surface area contributed by atoms with E-state index in [4.69, 9.17) is 11.6 Å². The highest BCUT2D eigenvalue weighted by Gasteiger charge is 2.13. The molecule has 0 fully saturated rings. The molecule has 0 unspecified atom stereocenters. The first-order valence-electron chi connectivity index (χ1n) is 5.84. The summed E-state index contributed by atoms with van der Waals surface area (Å²) in [6.07, 6.45) is 1.74. The molecule has 0 saturated heterocycles. The molecule has 0 aliphatic carbocycles. The van der Waals surface area contributed by atoms with Crippen LogP contribution in [0.15, 0.2) is 54.7 Å². The summed E-state index contributed by atoms with van der Waals surface area (Å²) < 4.78 is 0. The number of pyridine rings is 1. The minimum atomic E-state index is 0.538. The summed E-state index contributed by atoms with van der Waals surface area (Å²) in [7, 11) is 0. The Morgan fingerprint density at radius 3 is 2.68 bits per heavy atom. The Bertz CT molecular complexity index is 798.